The van der Waals surface area contributed by atoms with Gasteiger partial charge in [0.15, 0.2) is 5.78 Å². The molecule has 6 heteroatoms. The van der Waals surface area contributed by atoms with E-state index in [1.165, 1.54) is 31.4 Å². The van der Waals surface area contributed by atoms with Crippen molar-refractivity contribution in [2.75, 3.05) is 26.3 Å². The summed E-state index contributed by atoms with van der Waals surface area (Å²) in [5.41, 5.74) is 0.213. The molecule has 2 aliphatic heterocycles. The molecule has 1 aromatic carbocycles. The van der Waals surface area contributed by atoms with Gasteiger partial charge >= 0.3 is 0 Å². The van der Waals surface area contributed by atoms with Crippen LogP contribution >= 0.6 is 0 Å². The number of halogens is 1. The molecule has 1 saturated carbocycles. The number of carbonyl (C=O) groups excluding carboxylic acids is 2. The van der Waals surface area contributed by atoms with Crippen LogP contribution in [0.1, 0.15) is 68.1 Å². The highest BCUT2D eigenvalue weighted by atomic mass is 19.1. The van der Waals surface area contributed by atoms with Crippen molar-refractivity contribution in [2.45, 2.75) is 69.4 Å². The molecule has 0 bridgehead atoms. The van der Waals surface area contributed by atoms with E-state index < -0.39 is 0 Å². The Morgan fingerprint density at radius 3 is 2.48 bits per heavy atom. The number of Topliss-reactive ketones (excluding diaryl/α,β-unsaturated/α-hetero) is 1. The van der Waals surface area contributed by atoms with E-state index in [0.29, 0.717) is 30.6 Å². The molecule has 1 aromatic rings. The fourth-order valence-electron chi connectivity index (χ4n) is 5.14. The molecule has 158 valence electrons. The zero-order valence-electron chi connectivity index (χ0n) is 17.2. The Morgan fingerprint density at radius 2 is 1.79 bits per heavy atom. The third kappa shape index (κ3) is 4.53. The first-order chi connectivity index (χ1) is 14.1. The number of rotatable bonds is 6. The summed E-state index contributed by atoms with van der Waals surface area (Å²) in [5.74, 6) is 0.0608. The third-order valence-corrected chi connectivity index (χ3v) is 7.03. The molecular weight excluding hydrogens is 369 g/mol. The zero-order valence-corrected chi connectivity index (χ0v) is 17.2. The van der Waals surface area contributed by atoms with Gasteiger partial charge in [-0.1, -0.05) is 19.3 Å². The minimum atomic E-state index is -0.363. The number of piperidine rings is 1. The van der Waals surface area contributed by atoms with Crippen LogP contribution in [0, 0.1) is 5.82 Å². The molecule has 5 nitrogen and oxygen atoms in total. The molecule has 1 aliphatic carbocycles. The standard InChI is InChI=1S/C23H32FN3O2/c24-19-10-8-18(9-11-19)21(28)7-4-14-26-15-12-23(13-16-26)22(29)27(17-25-23)20-5-2-1-3-6-20/h8-11,20,25H,1-7,12-17H2. The van der Waals surface area contributed by atoms with Crippen molar-refractivity contribution < 1.29 is 14.0 Å². The highest BCUT2D eigenvalue weighted by Crippen LogP contribution is 2.33. The van der Waals surface area contributed by atoms with Gasteiger partial charge in [-0.3, -0.25) is 14.9 Å². The number of carbonyl (C=O) groups is 2. The first kappa shape index (κ1) is 20.5. The van der Waals surface area contributed by atoms with Gasteiger partial charge in [0.25, 0.3) is 0 Å². The van der Waals surface area contributed by atoms with E-state index in [9.17, 15) is 14.0 Å². The Kier molecular flexibility index (Phi) is 6.30. The predicted molar refractivity (Wildman–Crippen MR) is 110 cm³/mol. The summed E-state index contributed by atoms with van der Waals surface area (Å²) in [4.78, 5) is 29.8. The Balaban J connectivity index is 1.22. The highest BCUT2D eigenvalue weighted by molar-refractivity contribution is 5.96. The van der Waals surface area contributed by atoms with Crippen molar-refractivity contribution >= 4 is 11.7 Å². The lowest BCUT2D eigenvalue weighted by Crippen LogP contribution is -2.55. The topological polar surface area (TPSA) is 52.7 Å². The predicted octanol–water partition coefficient (Wildman–Crippen LogP) is 3.35. The van der Waals surface area contributed by atoms with Gasteiger partial charge in [0.05, 0.1) is 6.67 Å². The van der Waals surface area contributed by atoms with Crippen molar-refractivity contribution in [3.8, 4) is 0 Å². The van der Waals surface area contributed by atoms with Crippen molar-refractivity contribution in [1.29, 1.82) is 0 Å². The number of nitrogens with zero attached hydrogens (tertiary/aromatic N) is 2. The van der Waals surface area contributed by atoms with Gasteiger partial charge in [-0.05, 0) is 62.9 Å². The number of ketones is 1. The Morgan fingerprint density at radius 1 is 1.10 bits per heavy atom. The van der Waals surface area contributed by atoms with Gasteiger partial charge in [-0.15, -0.1) is 0 Å². The van der Waals surface area contributed by atoms with Crippen LogP contribution in [0.15, 0.2) is 24.3 Å². The quantitative estimate of drug-likeness (QED) is 0.743. The highest BCUT2D eigenvalue weighted by Gasteiger charge is 2.49. The summed E-state index contributed by atoms with van der Waals surface area (Å²) in [6, 6.07) is 6.20. The summed E-state index contributed by atoms with van der Waals surface area (Å²) in [6.45, 7) is 3.35. The van der Waals surface area contributed by atoms with E-state index >= 15 is 0 Å². The minimum Gasteiger partial charge on any atom is -0.325 e. The lowest BCUT2D eigenvalue weighted by molar-refractivity contribution is -0.136. The van der Waals surface area contributed by atoms with Crippen molar-refractivity contribution in [1.82, 2.24) is 15.1 Å². The maximum Gasteiger partial charge on any atom is 0.244 e. The lowest BCUT2D eigenvalue weighted by atomic mass is 9.86. The molecule has 4 rings (SSSR count). The Labute approximate surface area is 172 Å². The summed E-state index contributed by atoms with van der Waals surface area (Å²) < 4.78 is 13.0. The van der Waals surface area contributed by atoms with E-state index in [0.717, 1.165) is 51.7 Å². The van der Waals surface area contributed by atoms with Crippen molar-refractivity contribution in [3.05, 3.63) is 35.6 Å². The van der Waals surface area contributed by atoms with Crippen LogP contribution in [0.3, 0.4) is 0 Å². The molecule has 0 unspecified atom stereocenters. The van der Waals surface area contributed by atoms with Gasteiger partial charge in [-0.2, -0.15) is 0 Å². The van der Waals surface area contributed by atoms with Crippen LogP contribution in [0.2, 0.25) is 0 Å². The van der Waals surface area contributed by atoms with Gasteiger partial charge in [0, 0.05) is 31.1 Å². The summed E-state index contributed by atoms with van der Waals surface area (Å²) in [5, 5.41) is 3.56. The van der Waals surface area contributed by atoms with Crippen LogP contribution < -0.4 is 5.32 Å². The number of hydrogen-bond donors (Lipinski definition) is 1. The maximum atomic E-state index is 13.1. The minimum absolute atomic E-state index is 0.0641. The van der Waals surface area contributed by atoms with Crippen LogP contribution in [0.5, 0.6) is 0 Å². The van der Waals surface area contributed by atoms with Crippen LogP contribution in [0.25, 0.3) is 0 Å². The molecule has 3 aliphatic rings. The second-order valence-electron chi connectivity index (χ2n) is 8.86. The van der Waals surface area contributed by atoms with Crippen LogP contribution in [-0.4, -0.2) is 59.4 Å². The molecule has 1 N–H and O–H groups in total. The molecule has 2 heterocycles. The smallest absolute Gasteiger partial charge is 0.244 e. The molecule has 1 amide bonds. The first-order valence-electron chi connectivity index (χ1n) is 11.1. The Bertz CT molecular complexity index is 722. The van der Waals surface area contributed by atoms with Gasteiger partial charge in [-0.25, -0.2) is 4.39 Å². The summed E-state index contributed by atoms with van der Waals surface area (Å²) in [7, 11) is 0. The number of amides is 1. The lowest BCUT2D eigenvalue weighted by Gasteiger charge is -2.38. The average molecular weight is 402 g/mol. The van der Waals surface area contributed by atoms with Crippen LogP contribution in [-0.2, 0) is 4.79 Å². The monoisotopic (exact) mass is 401 g/mol. The normalized spacial score (nSPS) is 23.1. The van der Waals surface area contributed by atoms with E-state index in [-0.39, 0.29) is 17.1 Å². The summed E-state index contributed by atoms with van der Waals surface area (Å²) >= 11 is 0. The molecule has 2 saturated heterocycles. The van der Waals surface area contributed by atoms with Crippen molar-refractivity contribution in [2.24, 2.45) is 0 Å². The second-order valence-corrected chi connectivity index (χ2v) is 8.86. The number of hydrogen-bond acceptors (Lipinski definition) is 4. The molecule has 0 atom stereocenters. The molecular formula is C23H32FN3O2. The SMILES string of the molecule is O=C(CCCN1CCC2(CC1)NCN(C1CCCCC1)C2=O)c1ccc(F)cc1. The fraction of sp³-hybridized carbons (Fsp3) is 0.652. The van der Waals surface area contributed by atoms with E-state index in [2.05, 4.69) is 15.1 Å². The second kappa shape index (κ2) is 8.92. The zero-order chi connectivity index (χ0) is 20.3. The molecule has 29 heavy (non-hydrogen) atoms. The molecule has 3 fully saturated rings. The molecule has 0 aromatic heterocycles. The number of likely N-dealkylation sites (tertiary alicyclic amines) is 1. The van der Waals surface area contributed by atoms with Crippen LogP contribution in [0.4, 0.5) is 4.39 Å². The first-order valence-corrected chi connectivity index (χ1v) is 11.1. The number of benzene rings is 1. The maximum absolute atomic E-state index is 13.1. The summed E-state index contributed by atoms with van der Waals surface area (Å²) in [6.07, 6.45) is 9.05. The molecule has 1 spiro atoms. The third-order valence-electron chi connectivity index (χ3n) is 7.03. The van der Waals surface area contributed by atoms with E-state index in [1.54, 1.807) is 12.1 Å². The molecule has 0 radical (unpaired) electrons. The van der Waals surface area contributed by atoms with E-state index in [4.69, 9.17) is 0 Å². The van der Waals surface area contributed by atoms with E-state index in [1.807, 2.05) is 0 Å². The van der Waals surface area contributed by atoms with Crippen molar-refractivity contribution in [3.63, 3.8) is 0 Å². The van der Waals surface area contributed by atoms with Gasteiger partial charge < -0.3 is 9.80 Å². The van der Waals surface area contributed by atoms with Gasteiger partial charge in [0.1, 0.15) is 11.4 Å². The largest absolute Gasteiger partial charge is 0.325 e. The number of nitrogens with one attached hydrogen (secondary N) is 1. The average Bonchev–Trinajstić information content (AvgIpc) is 3.06. The van der Waals surface area contributed by atoms with Gasteiger partial charge in [0.2, 0.25) is 5.91 Å². The Hall–Kier alpha value is -1.79. The fourth-order valence-corrected chi connectivity index (χ4v) is 5.14.